The fourth-order valence-corrected chi connectivity index (χ4v) is 1.80. The fourth-order valence-electron chi connectivity index (χ4n) is 1.80. The second-order valence-electron chi connectivity index (χ2n) is 4.51. The number of phenolic OH excluding ortho intramolecular Hbond substituents is 1. The molecular weight excluding hydrogens is 218 g/mol. The summed E-state index contributed by atoms with van der Waals surface area (Å²) in [5.74, 6) is 1.02. The van der Waals surface area contributed by atoms with Crippen LogP contribution in [0.3, 0.4) is 0 Å². The molecule has 1 aromatic carbocycles. The summed E-state index contributed by atoms with van der Waals surface area (Å²) in [7, 11) is 3.29. The SMILES string of the molecule is COc1ccc(C(=O)N(C)CC2CC2)c(O)c1. The van der Waals surface area contributed by atoms with E-state index in [0.717, 1.165) is 6.54 Å². The van der Waals surface area contributed by atoms with Gasteiger partial charge in [-0.2, -0.15) is 0 Å². The van der Waals surface area contributed by atoms with Crippen LogP contribution in [0.15, 0.2) is 18.2 Å². The lowest BCUT2D eigenvalue weighted by Crippen LogP contribution is -2.28. The topological polar surface area (TPSA) is 49.8 Å². The van der Waals surface area contributed by atoms with Gasteiger partial charge in [0.15, 0.2) is 0 Å². The van der Waals surface area contributed by atoms with Crippen LogP contribution in [-0.4, -0.2) is 36.6 Å². The van der Waals surface area contributed by atoms with E-state index in [1.807, 2.05) is 0 Å². The molecule has 0 bridgehead atoms. The summed E-state index contributed by atoms with van der Waals surface area (Å²) >= 11 is 0. The Kier molecular flexibility index (Phi) is 3.22. The van der Waals surface area contributed by atoms with E-state index >= 15 is 0 Å². The van der Waals surface area contributed by atoms with Crippen molar-refractivity contribution >= 4 is 5.91 Å². The Morgan fingerprint density at radius 3 is 2.76 bits per heavy atom. The van der Waals surface area contributed by atoms with Crippen molar-refractivity contribution in [2.24, 2.45) is 5.92 Å². The number of amides is 1. The number of phenols is 1. The zero-order chi connectivity index (χ0) is 12.4. The van der Waals surface area contributed by atoms with Gasteiger partial charge in [-0.15, -0.1) is 0 Å². The first-order chi connectivity index (χ1) is 8.11. The molecule has 1 N–H and O–H groups in total. The summed E-state index contributed by atoms with van der Waals surface area (Å²) in [6.45, 7) is 0.768. The van der Waals surface area contributed by atoms with E-state index in [0.29, 0.717) is 17.2 Å². The molecule has 4 nitrogen and oxygen atoms in total. The highest BCUT2D eigenvalue weighted by molar-refractivity contribution is 5.96. The molecule has 4 heteroatoms. The molecule has 0 saturated heterocycles. The van der Waals surface area contributed by atoms with Gasteiger partial charge in [0.25, 0.3) is 5.91 Å². The Morgan fingerprint density at radius 1 is 1.53 bits per heavy atom. The monoisotopic (exact) mass is 235 g/mol. The summed E-state index contributed by atoms with van der Waals surface area (Å²) < 4.78 is 4.98. The van der Waals surface area contributed by atoms with Crippen LogP contribution in [0.2, 0.25) is 0 Å². The van der Waals surface area contributed by atoms with Gasteiger partial charge in [-0.1, -0.05) is 0 Å². The molecule has 0 aliphatic heterocycles. The van der Waals surface area contributed by atoms with Crippen LogP contribution in [-0.2, 0) is 0 Å². The average molecular weight is 235 g/mol. The quantitative estimate of drug-likeness (QED) is 0.867. The molecule has 1 fully saturated rings. The smallest absolute Gasteiger partial charge is 0.257 e. The van der Waals surface area contributed by atoms with E-state index in [-0.39, 0.29) is 11.7 Å². The standard InChI is InChI=1S/C13H17NO3/c1-14(8-9-3-4-9)13(16)11-6-5-10(17-2)7-12(11)15/h5-7,9,15H,3-4,8H2,1-2H3. The molecule has 1 aliphatic rings. The lowest BCUT2D eigenvalue weighted by atomic mass is 10.1. The number of aromatic hydroxyl groups is 1. The minimum absolute atomic E-state index is 0.0306. The Hall–Kier alpha value is -1.71. The van der Waals surface area contributed by atoms with Crippen molar-refractivity contribution in [2.75, 3.05) is 20.7 Å². The molecule has 1 saturated carbocycles. The zero-order valence-corrected chi connectivity index (χ0v) is 10.1. The van der Waals surface area contributed by atoms with E-state index in [1.165, 1.54) is 26.0 Å². The van der Waals surface area contributed by atoms with Crippen LogP contribution in [0.4, 0.5) is 0 Å². The second kappa shape index (κ2) is 4.65. The number of rotatable bonds is 4. The molecule has 0 spiro atoms. The van der Waals surface area contributed by atoms with Crippen LogP contribution < -0.4 is 4.74 Å². The van der Waals surface area contributed by atoms with Gasteiger partial charge in [0.05, 0.1) is 12.7 Å². The summed E-state index contributed by atoms with van der Waals surface area (Å²) in [6, 6.07) is 4.73. The Balaban J connectivity index is 2.11. The third kappa shape index (κ3) is 2.70. The van der Waals surface area contributed by atoms with Gasteiger partial charge in [-0.3, -0.25) is 4.79 Å². The number of hydrogen-bond donors (Lipinski definition) is 1. The highest BCUT2D eigenvalue weighted by Gasteiger charge is 2.26. The van der Waals surface area contributed by atoms with Crippen molar-refractivity contribution in [2.45, 2.75) is 12.8 Å². The molecule has 17 heavy (non-hydrogen) atoms. The molecular formula is C13H17NO3. The Bertz CT molecular complexity index is 427. The molecule has 0 heterocycles. The maximum absolute atomic E-state index is 12.1. The minimum Gasteiger partial charge on any atom is -0.507 e. The van der Waals surface area contributed by atoms with Gasteiger partial charge in [-0.25, -0.2) is 0 Å². The third-order valence-corrected chi connectivity index (χ3v) is 3.01. The lowest BCUT2D eigenvalue weighted by molar-refractivity contribution is 0.0785. The maximum Gasteiger partial charge on any atom is 0.257 e. The number of carbonyl (C=O) groups is 1. The number of carbonyl (C=O) groups excluding carboxylic acids is 1. The largest absolute Gasteiger partial charge is 0.507 e. The Labute approximate surface area is 101 Å². The van der Waals surface area contributed by atoms with Gasteiger partial charge >= 0.3 is 0 Å². The van der Waals surface area contributed by atoms with Gasteiger partial charge in [0, 0.05) is 19.7 Å². The second-order valence-corrected chi connectivity index (χ2v) is 4.51. The number of benzene rings is 1. The maximum atomic E-state index is 12.1. The van der Waals surface area contributed by atoms with E-state index in [2.05, 4.69) is 0 Å². The van der Waals surface area contributed by atoms with Crippen LogP contribution in [0.1, 0.15) is 23.2 Å². The number of methoxy groups -OCH3 is 1. The summed E-state index contributed by atoms with van der Waals surface area (Å²) in [6.07, 6.45) is 2.40. The number of nitrogens with zero attached hydrogens (tertiary/aromatic N) is 1. The van der Waals surface area contributed by atoms with Crippen molar-refractivity contribution in [1.29, 1.82) is 0 Å². The molecule has 0 atom stereocenters. The molecule has 0 radical (unpaired) electrons. The molecule has 2 rings (SSSR count). The van der Waals surface area contributed by atoms with E-state index in [9.17, 15) is 9.90 Å². The zero-order valence-electron chi connectivity index (χ0n) is 10.1. The first-order valence-electron chi connectivity index (χ1n) is 5.74. The first kappa shape index (κ1) is 11.8. The van der Waals surface area contributed by atoms with Crippen LogP contribution in [0.5, 0.6) is 11.5 Å². The molecule has 1 aromatic rings. The minimum atomic E-state index is -0.142. The summed E-state index contributed by atoms with van der Waals surface area (Å²) in [4.78, 5) is 13.7. The van der Waals surface area contributed by atoms with Crippen LogP contribution in [0, 0.1) is 5.92 Å². The lowest BCUT2D eigenvalue weighted by Gasteiger charge is -2.17. The number of hydrogen-bond acceptors (Lipinski definition) is 3. The van der Waals surface area contributed by atoms with Gasteiger partial charge < -0.3 is 14.7 Å². The molecule has 0 aromatic heterocycles. The molecule has 92 valence electrons. The summed E-state index contributed by atoms with van der Waals surface area (Å²) in [5, 5.41) is 9.76. The van der Waals surface area contributed by atoms with Crippen LogP contribution >= 0.6 is 0 Å². The Morgan fingerprint density at radius 2 is 2.24 bits per heavy atom. The predicted molar refractivity (Wildman–Crippen MR) is 64.3 cm³/mol. The van der Waals surface area contributed by atoms with Crippen molar-refractivity contribution in [3.8, 4) is 11.5 Å². The molecule has 0 unspecified atom stereocenters. The summed E-state index contributed by atoms with van der Waals surface area (Å²) in [5.41, 5.74) is 0.328. The van der Waals surface area contributed by atoms with Crippen molar-refractivity contribution in [3.05, 3.63) is 23.8 Å². The predicted octanol–water partition coefficient (Wildman–Crippen LogP) is 1.88. The van der Waals surface area contributed by atoms with Crippen molar-refractivity contribution in [1.82, 2.24) is 4.90 Å². The fraction of sp³-hybridized carbons (Fsp3) is 0.462. The molecule has 1 amide bonds. The number of ether oxygens (including phenoxy) is 1. The van der Waals surface area contributed by atoms with E-state index in [4.69, 9.17) is 4.74 Å². The van der Waals surface area contributed by atoms with Gasteiger partial charge in [-0.05, 0) is 30.9 Å². The molecule has 1 aliphatic carbocycles. The highest BCUT2D eigenvalue weighted by atomic mass is 16.5. The highest BCUT2D eigenvalue weighted by Crippen LogP contribution is 2.30. The van der Waals surface area contributed by atoms with Gasteiger partial charge in [0.2, 0.25) is 0 Å². The van der Waals surface area contributed by atoms with E-state index in [1.54, 1.807) is 24.1 Å². The average Bonchev–Trinajstić information content (AvgIpc) is 3.11. The van der Waals surface area contributed by atoms with Crippen LogP contribution in [0.25, 0.3) is 0 Å². The van der Waals surface area contributed by atoms with Crippen molar-refractivity contribution in [3.63, 3.8) is 0 Å². The van der Waals surface area contributed by atoms with E-state index < -0.39 is 0 Å². The van der Waals surface area contributed by atoms with Gasteiger partial charge in [0.1, 0.15) is 11.5 Å². The first-order valence-corrected chi connectivity index (χ1v) is 5.74. The van der Waals surface area contributed by atoms with Crippen molar-refractivity contribution < 1.29 is 14.6 Å². The third-order valence-electron chi connectivity index (χ3n) is 3.01. The normalized spacial score (nSPS) is 14.5.